The third kappa shape index (κ3) is 3.99. The van der Waals surface area contributed by atoms with Crippen LogP contribution in [-0.4, -0.2) is 29.5 Å². The Kier molecular flexibility index (Phi) is 5.41. The zero-order valence-electron chi connectivity index (χ0n) is 17.5. The highest BCUT2D eigenvalue weighted by Gasteiger charge is 2.32. The monoisotopic (exact) mass is 445 g/mol. The van der Waals surface area contributed by atoms with E-state index in [-0.39, 0.29) is 17.1 Å². The summed E-state index contributed by atoms with van der Waals surface area (Å²) in [7, 11) is 1.80. The van der Waals surface area contributed by atoms with Crippen molar-refractivity contribution in [1.82, 2.24) is 9.97 Å². The molecule has 1 fully saturated rings. The normalized spacial score (nSPS) is 16.8. The number of aromatic nitrogens is 2. The van der Waals surface area contributed by atoms with Crippen LogP contribution >= 0.6 is 0 Å². The van der Waals surface area contributed by atoms with E-state index in [0.29, 0.717) is 36.3 Å². The van der Waals surface area contributed by atoms with Crippen LogP contribution < -0.4 is 15.4 Å². The van der Waals surface area contributed by atoms with Gasteiger partial charge in [0.2, 0.25) is 5.91 Å². The van der Waals surface area contributed by atoms with E-state index in [2.05, 4.69) is 32.4 Å². The Bertz CT molecular complexity index is 1290. The molecule has 1 unspecified atom stereocenters. The van der Waals surface area contributed by atoms with E-state index in [4.69, 9.17) is 4.74 Å². The van der Waals surface area contributed by atoms with Crippen LogP contribution in [0.5, 0.6) is 5.75 Å². The van der Waals surface area contributed by atoms with Crippen LogP contribution in [0, 0.1) is 17.8 Å². The fraction of sp³-hybridized carbons (Fsp3) is 0.292. The molecule has 1 aliphatic heterocycles. The molecular formula is C24H21N4O3S+. The molecule has 1 saturated carbocycles. The van der Waals surface area contributed by atoms with E-state index in [1.54, 1.807) is 19.4 Å². The molecule has 2 N–H and O–H groups in total. The van der Waals surface area contributed by atoms with Gasteiger partial charge in [-0.3, -0.25) is 4.79 Å². The van der Waals surface area contributed by atoms with Crippen LogP contribution in [0.15, 0.2) is 36.7 Å². The number of nitrogens with one attached hydrogen (secondary N) is 2. The van der Waals surface area contributed by atoms with Gasteiger partial charge >= 0.3 is 11.7 Å². The van der Waals surface area contributed by atoms with E-state index in [1.165, 1.54) is 0 Å². The fourth-order valence-corrected chi connectivity index (χ4v) is 4.24. The molecule has 1 aliphatic carbocycles. The van der Waals surface area contributed by atoms with Gasteiger partial charge in [-0.1, -0.05) is 11.8 Å². The SMILES string of the molecule is CNc1ncc(C#Cc2ccc3c(c2)C([S+]=O)CCO3)c2cc(NC(=O)C3CC3)ncc12. The number of hydrogen-bond acceptors (Lipinski definition) is 6. The number of pyridine rings is 2. The van der Waals surface area contributed by atoms with Crippen LogP contribution in [-0.2, 0) is 20.7 Å². The maximum atomic E-state index is 12.2. The van der Waals surface area contributed by atoms with Gasteiger partial charge in [0.25, 0.3) is 5.25 Å². The summed E-state index contributed by atoms with van der Waals surface area (Å²) in [6.07, 6.45) is 5.98. The molecule has 0 bridgehead atoms. The average molecular weight is 446 g/mol. The number of fused-ring (bicyclic) bond motifs is 2. The van der Waals surface area contributed by atoms with Gasteiger partial charge in [-0.05, 0) is 37.1 Å². The van der Waals surface area contributed by atoms with E-state index in [1.807, 2.05) is 24.3 Å². The first-order valence-electron chi connectivity index (χ1n) is 10.5. The minimum Gasteiger partial charge on any atom is -0.493 e. The van der Waals surface area contributed by atoms with E-state index in [9.17, 15) is 9.00 Å². The van der Waals surface area contributed by atoms with Crippen molar-refractivity contribution in [3.05, 3.63) is 53.3 Å². The number of carbonyl (C=O) groups is 1. The van der Waals surface area contributed by atoms with Crippen LogP contribution in [0.3, 0.4) is 0 Å². The van der Waals surface area contributed by atoms with Crippen LogP contribution in [0.25, 0.3) is 10.8 Å². The molecule has 3 aromatic rings. The van der Waals surface area contributed by atoms with Gasteiger partial charge in [0.15, 0.2) is 0 Å². The van der Waals surface area contributed by atoms with Crippen molar-refractivity contribution in [1.29, 1.82) is 0 Å². The summed E-state index contributed by atoms with van der Waals surface area (Å²) in [6, 6.07) is 7.53. The van der Waals surface area contributed by atoms with Crippen LogP contribution in [0.1, 0.15) is 41.2 Å². The lowest BCUT2D eigenvalue weighted by Gasteiger charge is -2.16. The molecule has 160 valence electrons. The number of amides is 1. The Balaban J connectivity index is 1.52. The summed E-state index contributed by atoms with van der Waals surface area (Å²) in [6.45, 7) is 0.557. The molecular weight excluding hydrogens is 424 g/mol. The summed E-state index contributed by atoms with van der Waals surface area (Å²) < 4.78 is 17.1. The predicted octanol–water partition coefficient (Wildman–Crippen LogP) is 3.67. The summed E-state index contributed by atoms with van der Waals surface area (Å²) in [4.78, 5) is 21.0. The number of benzene rings is 1. The summed E-state index contributed by atoms with van der Waals surface area (Å²) in [5.41, 5.74) is 2.42. The largest absolute Gasteiger partial charge is 0.493 e. The Hall–Kier alpha value is -3.57. The van der Waals surface area contributed by atoms with Gasteiger partial charge in [-0.25, -0.2) is 9.97 Å². The van der Waals surface area contributed by atoms with E-state index in [0.717, 1.165) is 46.1 Å². The smallest absolute Gasteiger partial charge is 0.467 e. The molecule has 0 spiro atoms. The van der Waals surface area contributed by atoms with Gasteiger partial charge in [-0.2, -0.15) is 0 Å². The van der Waals surface area contributed by atoms with Gasteiger partial charge in [0.1, 0.15) is 17.4 Å². The molecule has 7 nitrogen and oxygen atoms in total. The zero-order valence-corrected chi connectivity index (χ0v) is 18.3. The number of rotatable bonds is 4. The number of ether oxygens (including phenoxy) is 1. The summed E-state index contributed by atoms with van der Waals surface area (Å²) in [5, 5.41) is 7.52. The minimum absolute atomic E-state index is 0.00876. The van der Waals surface area contributed by atoms with Crippen molar-refractivity contribution in [3.63, 3.8) is 0 Å². The molecule has 2 aromatic heterocycles. The fourth-order valence-electron chi connectivity index (χ4n) is 3.76. The van der Waals surface area contributed by atoms with Crippen molar-refractivity contribution in [2.75, 3.05) is 24.3 Å². The number of nitrogens with zero attached hydrogens (tertiary/aromatic N) is 2. The van der Waals surface area contributed by atoms with Gasteiger partial charge in [0, 0.05) is 52.3 Å². The molecule has 32 heavy (non-hydrogen) atoms. The Labute approximate surface area is 189 Å². The number of hydrogen-bond donors (Lipinski definition) is 2. The van der Waals surface area contributed by atoms with Gasteiger partial charge < -0.3 is 15.4 Å². The standard InChI is InChI=1S/C24H20N4O3S/c1-25-23-19-13-26-22(28-24(29)15-5-6-15)11-17(19)16(12-27-23)4-2-14-3-7-20-18(10-14)21(32-30)8-9-31-20/h3,7,10-13,15,21H,5-6,8-9H2,1H3,(H-,25,26,27,28,29)/p+1. The first-order chi connectivity index (χ1) is 15.7. The lowest BCUT2D eigenvalue weighted by molar-refractivity contribution is -0.117. The van der Waals surface area contributed by atoms with Crippen LogP contribution in [0.2, 0.25) is 0 Å². The molecule has 0 radical (unpaired) electrons. The second-order valence-electron chi connectivity index (χ2n) is 7.87. The Morgan fingerprint density at radius 1 is 1.12 bits per heavy atom. The first kappa shape index (κ1) is 20.3. The van der Waals surface area contributed by atoms with Crippen molar-refractivity contribution < 1.29 is 13.7 Å². The highest BCUT2D eigenvalue weighted by Crippen LogP contribution is 2.34. The molecule has 2 aliphatic rings. The highest BCUT2D eigenvalue weighted by molar-refractivity contribution is 7.65. The van der Waals surface area contributed by atoms with Crippen molar-refractivity contribution in [2.24, 2.45) is 5.92 Å². The molecule has 5 rings (SSSR count). The predicted molar refractivity (Wildman–Crippen MR) is 124 cm³/mol. The minimum atomic E-state index is -0.123. The quantitative estimate of drug-likeness (QED) is 0.470. The van der Waals surface area contributed by atoms with Crippen molar-refractivity contribution >= 4 is 40.0 Å². The lowest BCUT2D eigenvalue weighted by atomic mass is 10.0. The summed E-state index contributed by atoms with van der Waals surface area (Å²) in [5.74, 6) is 8.45. The van der Waals surface area contributed by atoms with Gasteiger partial charge in [-0.15, -0.1) is 0 Å². The molecule has 1 amide bonds. The topological polar surface area (TPSA) is 93.2 Å². The lowest BCUT2D eigenvalue weighted by Crippen LogP contribution is -2.14. The third-order valence-electron chi connectivity index (χ3n) is 5.66. The molecule has 1 aromatic carbocycles. The molecule has 1 atom stereocenters. The maximum absolute atomic E-state index is 12.2. The van der Waals surface area contributed by atoms with Crippen molar-refractivity contribution in [2.45, 2.75) is 24.5 Å². The third-order valence-corrected chi connectivity index (χ3v) is 6.38. The summed E-state index contributed by atoms with van der Waals surface area (Å²) >= 11 is 0.594. The Morgan fingerprint density at radius 3 is 2.78 bits per heavy atom. The molecule has 8 heteroatoms. The van der Waals surface area contributed by atoms with E-state index >= 15 is 0 Å². The van der Waals surface area contributed by atoms with E-state index < -0.39 is 0 Å². The number of anilines is 2. The number of carbonyl (C=O) groups excluding carboxylic acids is 1. The first-order valence-corrected chi connectivity index (χ1v) is 11.3. The Morgan fingerprint density at radius 2 is 2.00 bits per heavy atom. The second kappa shape index (κ2) is 8.52. The highest BCUT2D eigenvalue weighted by atomic mass is 32.1. The van der Waals surface area contributed by atoms with Crippen molar-refractivity contribution in [3.8, 4) is 17.6 Å². The second-order valence-corrected chi connectivity index (χ2v) is 8.64. The van der Waals surface area contributed by atoms with Crippen LogP contribution in [0.4, 0.5) is 11.6 Å². The molecule has 3 heterocycles. The maximum Gasteiger partial charge on any atom is 0.467 e. The average Bonchev–Trinajstić information content (AvgIpc) is 3.67. The zero-order chi connectivity index (χ0) is 22.1. The van der Waals surface area contributed by atoms with Gasteiger partial charge in [0.05, 0.1) is 17.7 Å². The molecule has 0 saturated heterocycles.